The van der Waals surface area contributed by atoms with Gasteiger partial charge in [-0.25, -0.2) is 4.39 Å². The Kier molecular flexibility index (Phi) is 3.59. The monoisotopic (exact) mass is 423 g/mol. The second-order valence-corrected chi connectivity index (χ2v) is 7.95. The van der Waals surface area contributed by atoms with Crippen LogP contribution in [0.5, 0.6) is 17.2 Å². The average Bonchev–Trinajstić information content (AvgIpc) is 3.41. The van der Waals surface area contributed by atoms with Crippen molar-refractivity contribution in [3.63, 3.8) is 0 Å². The van der Waals surface area contributed by atoms with Crippen LogP contribution in [0, 0.1) is 5.82 Å². The molecule has 0 radical (unpaired) electrons. The minimum absolute atomic E-state index is 0.110. The van der Waals surface area contributed by atoms with Crippen molar-refractivity contribution in [2.24, 2.45) is 0 Å². The van der Waals surface area contributed by atoms with E-state index in [1.807, 2.05) is 30.3 Å². The third kappa shape index (κ3) is 2.25. The van der Waals surface area contributed by atoms with E-state index in [0.29, 0.717) is 22.8 Å². The van der Waals surface area contributed by atoms with Gasteiger partial charge in [0.15, 0.2) is 11.5 Å². The zero-order valence-electron chi connectivity index (χ0n) is 15.7. The van der Waals surface area contributed by atoms with E-state index in [2.05, 4.69) is 0 Å². The molecule has 0 fully saturated rings. The normalized spacial score (nSPS) is 20.5. The van der Waals surface area contributed by atoms with Gasteiger partial charge in [-0.15, -0.1) is 0 Å². The molecule has 1 unspecified atom stereocenters. The topological polar surface area (TPSA) is 48.0 Å². The molecular weight excluding hydrogens is 409 g/mol. The van der Waals surface area contributed by atoms with Gasteiger partial charge < -0.3 is 19.1 Å². The summed E-state index contributed by atoms with van der Waals surface area (Å²) in [6.07, 6.45) is 0. The molecule has 1 spiro atoms. The van der Waals surface area contributed by atoms with E-state index in [1.54, 1.807) is 17.0 Å². The first-order chi connectivity index (χ1) is 14.6. The van der Waals surface area contributed by atoms with Gasteiger partial charge in [-0.05, 0) is 35.4 Å². The molecule has 5 nitrogen and oxygen atoms in total. The molecule has 7 heteroatoms. The second kappa shape index (κ2) is 6.12. The highest BCUT2D eigenvalue weighted by Crippen LogP contribution is 2.55. The average molecular weight is 424 g/mol. The molecule has 3 heterocycles. The van der Waals surface area contributed by atoms with Crippen LogP contribution in [0.2, 0.25) is 5.02 Å². The molecule has 30 heavy (non-hydrogen) atoms. The highest BCUT2D eigenvalue weighted by molar-refractivity contribution is 6.31. The molecule has 3 aromatic carbocycles. The van der Waals surface area contributed by atoms with E-state index < -0.39 is 11.2 Å². The first-order valence-electron chi connectivity index (χ1n) is 9.50. The lowest BCUT2D eigenvalue weighted by atomic mass is 9.77. The summed E-state index contributed by atoms with van der Waals surface area (Å²) in [4.78, 5) is 15.6. The van der Waals surface area contributed by atoms with Crippen LogP contribution in [0.15, 0.2) is 54.6 Å². The van der Waals surface area contributed by atoms with E-state index in [4.69, 9.17) is 25.8 Å². The highest BCUT2D eigenvalue weighted by Gasteiger charge is 2.57. The number of hydrogen-bond acceptors (Lipinski definition) is 4. The van der Waals surface area contributed by atoms with E-state index in [-0.39, 0.29) is 30.9 Å². The molecule has 0 N–H and O–H groups in total. The summed E-state index contributed by atoms with van der Waals surface area (Å²) < 4.78 is 30.5. The number of carbonyl (C=O) groups excluding carboxylic acids is 1. The maximum atomic E-state index is 13.9. The summed E-state index contributed by atoms with van der Waals surface area (Å²) in [7, 11) is 0. The summed E-state index contributed by atoms with van der Waals surface area (Å²) in [6, 6.07) is 15.5. The molecule has 1 atom stereocenters. The first-order valence-corrected chi connectivity index (χ1v) is 9.88. The number of para-hydroxylation sites is 1. The molecule has 0 aromatic heterocycles. The number of hydrogen-bond donors (Lipinski definition) is 0. The SMILES string of the molecule is O=C1N(Cc2ccc(F)cc2Cl)c2ccccc2C12COc1cc3c(cc12)OCO3. The fraction of sp³-hybridized carbons (Fsp3) is 0.174. The van der Waals surface area contributed by atoms with Crippen LogP contribution in [0.1, 0.15) is 16.7 Å². The number of rotatable bonds is 2. The van der Waals surface area contributed by atoms with E-state index in [1.165, 1.54) is 12.1 Å². The molecule has 3 aliphatic rings. The number of benzene rings is 3. The Morgan fingerprint density at radius 1 is 0.967 bits per heavy atom. The summed E-state index contributed by atoms with van der Waals surface area (Å²) >= 11 is 6.25. The Morgan fingerprint density at radius 3 is 2.60 bits per heavy atom. The molecule has 150 valence electrons. The molecule has 0 bridgehead atoms. The standard InChI is InChI=1S/C23H15ClFNO4/c24-17-7-14(25)6-5-13(17)10-26-18-4-2-1-3-15(18)23(22(26)27)11-28-19-9-21-20(8-16(19)23)29-12-30-21/h1-9H,10-12H2. The molecule has 3 aromatic rings. The lowest BCUT2D eigenvalue weighted by Gasteiger charge is -2.23. The van der Waals surface area contributed by atoms with Crippen molar-refractivity contribution in [1.29, 1.82) is 0 Å². The third-order valence-electron chi connectivity index (χ3n) is 5.99. The van der Waals surface area contributed by atoms with E-state index in [9.17, 15) is 9.18 Å². The van der Waals surface area contributed by atoms with Gasteiger partial charge in [0.1, 0.15) is 23.6 Å². The summed E-state index contributed by atoms with van der Waals surface area (Å²) in [5, 5.41) is 0.285. The van der Waals surface area contributed by atoms with Gasteiger partial charge >= 0.3 is 0 Å². The van der Waals surface area contributed by atoms with Gasteiger partial charge in [0, 0.05) is 22.3 Å². The fourth-order valence-electron chi connectivity index (χ4n) is 4.54. The van der Waals surface area contributed by atoms with Gasteiger partial charge in [0.05, 0.1) is 6.54 Å². The van der Waals surface area contributed by atoms with Crippen LogP contribution in [0.25, 0.3) is 0 Å². The Hall–Kier alpha value is -3.25. The van der Waals surface area contributed by atoms with Crippen molar-refractivity contribution < 1.29 is 23.4 Å². The Labute approximate surface area is 176 Å². The Balaban J connectivity index is 1.49. The molecule has 0 aliphatic carbocycles. The minimum atomic E-state index is -0.973. The molecule has 3 aliphatic heterocycles. The van der Waals surface area contributed by atoms with Crippen LogP contribution in [0.3, 0.4) is 0 Å². The van der Waals surface area contributed by atoms with Crippen molar-refractivity contribution >= 4 is 23.2 Å². The smallest absolute Gasteiger partial charge is 0.246 e. The fourth-order valence-corrected chi connectivity index (χ4v) is 4.77. The maximum absolute atomic E-state index is 13.9. The minimum Gasteiger partial charge on any atom is -0.491 e. The van der Waals surface area contributed by atoms with Crippen LogP contribution < -0.4 is 19.1 Å². The van der Waals surface area contributed by atoms with Gasteiger partial charge in [-0.2, -0.15) is 0 Å². The first kappa shape index (κ1) is 17.6. The number of ether oxygens (including phenoxy) is 3. The molecule has 1 amide bonds. The van der Waals surface area contributed by atoms with E-state index in [0.717, 1.165) is 16.8 Å². The quantitative estimate of drug-likeness (QED) is 0.611. The highest BCUT2D eigenvalue weighted by atomic mass is 35.5. The third-order valence-corrected chi connectivity index (χ3v) is 6.34. The summed E-state index contributed by atoms with van der Waals surface area (Å²) in [5.74, 6) is 1.30. The zero-order valence-corrected chi connectivity index (χ0v) is 16.4. The van der Waals surface area contributed by atoms with Crippen molar-refractivity contribution in [3.05, 3.63) is 82.1 Å². The lowest BCUT2D eigenvalue weighted by Crippen LogP contribution is -2.42. The molecule has 0 saturated heterocycles. The number of anilines is 1. The number of halogens is 2. The van der Waals surface area contributed by atoms with Gasteiger partial charge in [-0.3, -0.25) is 4.79 Å². The number of nitrogens with zero attached hydrogens (tertiary/aromatic N) is 1. The predicted molar refractivity (Wildman–Crippen MR) is 108 cm³/mol. The Bertz CT molecular complexity index is 1230. The number of carbonyl (C=O) groups is 1. The van der Waals surface area contributed by atoms with Crippen LogP contribution in [-0.2, 0) is 16.8 Å². The number of fused-ring (bicyclic) bond motifs is 5. The van der Waals surface area contributed by atoms with Crippen LogP contribution in [-0.4, -0.2) is 19.3 Å². The van der Waals surface area contributed by atoms with Gasteiger partial charge in [0.25, 0.3) is 0 Å². The van der Waals surface area contributed by atoms with Crippen LogP contribution >= 0.6 is 11.6 Å². The van der Waals surface area contributed by atoms with Crippen molar-refractivity contribution in [3.8, 4) is 17.2 Å². The summed E-state index contributed by atoms with van der Waals surface area (Å²) in [6.45, 7) is 0.566. The zero-order chi connectivity index (χ0) is 20.5. The lowest BCUT2D eigenvalue weighted by molar-refractivity contribution is -0.122. The van der Waals surface area contributed by atoms with Crippen molar-refractivity contribution in [2.45, 2.75) is 12.0 Å². The molecule has 0 saturated carbocycles. The second-order valence-electron chi connectivity index (χ2n) is 7.54. The van der Waals surface area contributed by atoms with Gasteiger partial charge in [0.2, 0.25) is 12.7 Å². The number of amides is 1. The Morgan fingerprint density at radius 2 is 1.77 bits per heavy atom. The predicted octanol–water partition coefficient (Wildman–Crippen LogP) is 4.43. The van der Waals surface area contributed by atoms with Gasteiger partial charge in [-0.1, -0.05) is 35.9 Å². The van der Waals surface area contributed by atoms with E-state index >= 15 is 0 Å². The van der Waals surface area contributed by atoms with Crippen LogP contribution in [0.4, 0.5) is 10.1 Å². The largest absolute Gasteiger partial charge is 0.491 e. The molecule has 6 rings (SSSR count). The maximum Gasteiger partial charge on any atom is 0.246 e. The molecular formula is C23H15ClFNO4. The van der Waals surface area contributed by atoms with Crippen molar-refractivity contribution in [2.75, 3.05) is 18.3 Å². The van der Waals surface area contributed by atoms with Crippen molar-refractivity contribution in [1.82, 2.24) is 0 Å². The summed E-state index contributed by atoms with van der Waals surface area (Å²) in [5.41, 5.74) is 2.11.